The highest BCUT2D eigenvalue weighted by Crippen LogP contribution is 2.44. The van der Waals surface area contributed by atoms with Gasteiger partial charge in [0.2, 0.25) is 11.5 Å². The molecule has 0 spiro atoms. The molecule has 9 heteroatoms. The van der Waals surface area contributed by atoms with Crippen LogP contribution < -0.4 is 15.4 Å². The third kappa shape index (κ3) is 3.16. The Labute approximate surface area is 191 Å². The molecular formula is C24H19N4O4S+. The van der Waals surface area contributed by atoms with Crippen LogP contribution in [0.25, 0.3) is 36.9 Å². The van der Waals surface area contributed by atoms with E-state index < -0.39 is 0 Å². The van der Waals surface area contributed by atoms with Gasteiger partial charge in [-0.05, 0) is 24.3 Å². The second-order valence-electron chi connectivity index (χ2n) is 7.92. The first-order chi connectivity index (χ1) is 16.1. The van der Waals surface area contributed by atoms with E-state index in [9.17, 15) is 14.9 Å². The molecule has 164 valence electrons. The predicted molar refractivity (Wildman–Crippen MR) is 128 cm³/mol. The van der Waals surface area contributed by atoms with Gasteiger partial charge in [0, 0.05) is 21.7 Å². The van der Waals surface area contributed by atoms with E-state index in [1.54, 1.807) is 28.8 Å². The number of nitro benzene ring substituents is 1. The molecule has 0 aliphatic carbocycles. The van der Waals surface area contributed by atoms with Crippen LogP contribution in [0.5, 0.6) is 0 Å². The van der Waals surface area contributed by atoms with Crippen LogP contribution in [0.4, 0.5) is 11.5 Å². The van der Waals surface area contributed by atoms with Crippen LogP contribution in [0.1, 0.15) is 0 Å². The third-order valence-electron chi connectivity index (χ3n) is 6.08. The van der Waals surface area contributed by atoms with E-state index in [2.05, 4.69) is 9.88 Å². The Balaban J connectivity index is 1.66. The Hall–Kier alpha value is -3.82. The monoisotopic (exact) mass is 459 g/mol. The molecule has 3 aromatic heterocycles. The number of hydrogen-bond acceptors (Lipinski definition) is 6. The first-order valence-corrected chi connectivity index (χ1v) is 11.4. The van der Waals surface area contributed by atoms with Crippen molar-refractivity contribution in [3.63, 3.8) is 0 Å². The van der Waals surface area contributed by atoms with Gasteiger partial charge >= 0.3 is 5.56 Å². The fraction of sp³-hybridized carbons (Fsp3) is 0.167. The van der Waals surface area contributed by atoms with E-state index in [-0.39, 0.29) is 16.2 Å². The number of thiophene rings is 1. The zero-order chi connectivity index (χ0) is 22.5. The van der Waals surface area contributed by atoms with Crippen molar-refractivity contribution in [2.75, 3.05) is 31.2 Å². The fourth-order valence-corrected chi connectivity index (χ4v) is 5.78. The number of benzene rings is 2. The lowest BCUT2D eigenvalue weighted by Gasteiger charge is -2.23. The van der Waals surface area contributed by atoms with E-state index >= 15 is 0 Å². The third-order valence-corrected chi connectivity index (χ3v) is 7.28. The molecule has 0 radical (unpaired) electrons. The average molecular weight is 460 g/mol. The predicted octanol–water partition coefficient (Wildman–Crippen LogP) is 3.89. The van der Waals surface area contributed by atoms with Gasteiger partial charge in [0.25, 0.3) is 5.69 Å². The van der Waals surface area contributed by atoms with Gasteiger partial charge in [0.1, 0.15) is 0 Å². The highest BCUT2D eigenvalue weighted by Gasteiger charge is 2.24. The minimum absolute atomic E-state index is 0.0848. The molecule has 4 heterocycles. The van der Waals surface area contributed by atoms with Crippen molar-refractivity contribution in [1.29, 1.82) is 0 Å². The molecule has 0 amide bonds. The number of nitro groups is 1. The van der Waals surface area contributed by atoms with Crippen LogP contribution >= 0.6 is 11.3 Å². The molecule has 0 saturated carbocycles. The SMILES string of the molecule is O=c1cc(N2CCOCC2)[nH+]c2c(-c3ccc([N+](=O)[O-])c4c3sc3ccccc34)cccn12. The summed E-state index contributed by atoms with van der Waals surface area (Å²) < 4.78 is 8.84. The minimum Gasteiger partial charge on any atom is -0.375 e. The number of non-ortho nitro benzene ring substituents is 1. The normalized spacial score (nSPS) is 14.4. The molecule has 0 atom stereocenters. The summed E-state index contributed by atoms with van der Waals surface area (Å²) in [5.74, 6) is 0.741. The van der Waals surface area contributed by atoms with Gasteiger partial charge in [0.05, 0.1) is 59.1 Å². The van der Waals surface area contributed by atoms with E-state index in [4.69, 9.17) is 4.74 Å². The summed E-state index contributed by atoms with van der Waals surface area (Å²) in [5.41, 5.74) is 2.27. The van der Waals surface area contributed by atoms with Crippen molar-refractivity contribution in [3.05, 3.63) is 81.3 Å². The summed E-state index contributed by atoms with van der Waals surface area (Å²) in [5, 5.41) is 13.3. The van der Waals surface area contributed by atoms with Crippen molar-refractivity contribution in [2.24, 2.45) is 0 Å². The summed E-state index contributed by atoms with van der Waals surface area (Å²) in [6, 6.07) is 16.4. The summed E-state index contributed by atoms with van der Waals surface area (Å²) in [6.45, 7) is 2.62. The number of ether oxygens (including phenoxy) is 1. The van der Waals surface area contributed by atoms with Crippen LogP contribution in [0.2, 0.25) is 0 Å². The number of pyridine rings is 1. The number of rotatable bonds is 3. The largest absolute Gasteiger partial charge is 0.375 e. The number of anilines is 1. The number of aromatic amines is 1. The van der Waals surface area contributed by atoms with Gasteiger partial charge < -0.3 is 4.74 Å². The highest BCUT2D eigenvalue weighted by molar-refractivity contribution is 7.26. The van der Waals surface area contributed by atoms with Crippen LogP contribution in [0.15, 0.2) is 65.6 Å². The van der Waals surface area contributed by atoms with Crippen LogP contribution in [0, 0.1) is 10.1 Å². The van der Waals surface area contributed by atoms with Gasteiger partial charge in [0.15, 0.2) is 0 Å². The second-order valence-corrected chi connectivity index (χ2v) is 8.98. The molecule has 0 unspecified atom stereocenters. The standard InChI is InChI=1S/C24H18N4O4S/c29-21-14-20(26-10-12-32-13-11-26)25-24-16(5-3-9-27(21)24)15-7-8-18(28(30)31)22-17-4-1-2-6-19(17)33-23(15)22/h1-9,14H,10-13H2/p+1. The van der Waals surface area contributed by atoms with E-state index in [1.165, 1.54) is 11.3 Å². The molecule has 5 aromatic rings. The second kappa shape index (κ2) is 7.65. The maximum absolute atomic E-state index is 13.0. The maximum Gasteiger partial charge on any atom is 0.317 e. The number of hydrogen-bond donors (Lipinski definition) is 0. The summed E-state index contributed by atoms with van der Waals surface area (Å²) in [7, 11) is 0. The van der Waals surface area contributed by atoms with Gasteiger partial charge in [-0.15, -0.1) is 11.3 Å². The molecule has 1 saturated heterocycles. The van der Waals surface area contributed by atoms with Crippen molar-refractivity contribution in [2.45, 2.75) is 0 Å². The minimum atomic E-state index is -0.332. The molecule has 1 N–H and O–H groups in total. The van der Waals surface area contributed by atoms with Gasteiger partial charge in [-0.2, -0.15) is 4.40 Å². The lowest BCUT2D eigenvalue weighted by Crippen LogP contribution is -2.41. The number of nitrogens with zero attached hydrogens (tertiary/aromatic N) is 3. The number of H-pyrrole nitrogens is 1. The van der Waals surface area contributed by atoms with E-state index in [0.717, 1.165) is 31.7 Å². The molecule has 0 bridgehead atoms. The smallest absolute Gasteiger partial charge is 0.317 e. The highest BCUT2D eigenvalue weighted by atomic mass is 32.1. The van der Waals surface area contributed by atoms with E-state index in [1.807, 2.05) is 36.4 Å². The zero-order valence-electron chi connectivity index (χ0n) is 17.5. The van der Waals surface area contributed by atoms with Crippen molar-refractivity contribution in [3.8, 4) is 11.1 Å². The zero-order valence-corrected chi connectivity index (χ0v) is 18.3. The van der Waals surface area contributed by atoms with E-state index in [0.29, 0.717) is 37.3 Å². The van der Waals surface area contributed by atoms with Gasteiger partial charge in [-0.1, -0.05) is 18.2 Å². The van der Waals surface area contributed by atoms with Crippen molar-refractivity contribution in [1.82, 2.24) is 4.40 Å². The fourth-order valence-electron chi connectivity index (χ4n) is 4.53. The van der Waals surface area contributed by atoms with Crippen molar-refractivity contribution >= 4 is 48.7 Å². The van der Waals surface area contributed by atoms with Crippen LogP contribution in [0.3, 0.4) is 0 Å². The summed E-state index contributed by atoms with van der Waals surface area (Å²) in [6.07, 6.45) is 1.73. The molecule has 8 nitrogen and oxygen atoms in total. The summed E-state index contributed by atoms with van der Waals surface area (Å²) in [4.78, 5) is 30.0. The first kappa shape index (κ1) is 19.8. The number of nitrogens with one attached hydrogen (secondary N) is 1. The topological polar surface area (TPSA) is 91.2 Å². The number of morpholine rings is 1. The lowest BCUT2D eigenvalue weighted by atomic mass is 10.0. The van der Waals surface area contributed by atoms with Crippen LogP contribution in [-0.4, -0.2) is 35.6 Å². The summed E-state index contributed by atoms with van der Waals surface area (Å²) >= 11 is 1.53. The Morgan fingerprint density at radius 1 is 1.03 bits per heavy atom. The van der Waals surface area contributed by atoms with Gasteiger partial charge in [-0.3, -0.25) is 19.8 Å². The molecule has 1 fully saturated rings. The van der Waals surface area contributed by atoms with Crippen LogP contribution in [-0.2, 0) is 4.74 Å². The number of aromatic nitrogens is 2. The maximum atomic E-state index is 13.0. The van der Waals surface area contributed by atoms with Gasteiger partial charge in [-0.25, -0.2) is 4.98 Å². The Morgan fingerprint density at radius 3 is 2.67 bits per heavy atom. The quantitative estimate of drug-likeness (QED) is 0.302. The molecule has 2 aromatic carbocycles. The molecule has 1 aliphatic rings. The average Bonchev–Trinajstić information content (AvgIpc) is 3.23. The lowest BCUT2D eigenvalue weighted by molar-refractivity contribution is -0.383. The number of fused-ring (bicyclic) bond motifs is 4. The Bertz CT molecular complexity index is 1620. The molecule has 33 heavy (non-hydrogen) atoms. The van der Waals surface area contributed by atoms with Crippen molar-refractivity contribution < 1.29 is 14.6 Å². The Kier molecular flexibility index (Phi) is 4.60. The molecule has 6 rings (SSSR count). The Morgan fingerprint density at radius 2 is 1.85 bits per heavy atom. The molecule has 1 aliphatic heterocycles. The first-order valence-electron chi connectivity index (χ1n) is 10.6. The molecular weight excluding hydrogens is 440 g/mol.